The lowest BCUT2D eigenvalue weighted by Gasteiger charge is -2.22. The van der Waals surface area contributed by atoms with Crippen LogP contribution < -0.4 is 0 Å². The highest BCUT2D eigenvalue weighted by atomic mass is 35.5. The Kier molecular flexibility index (Phi) is 6.44. The van der Waals surface area contributed by atoms with Gasteiger partial charge in [-0.15, -0.1) is 0 Å². The van der Waals surface area contributed by atoms with Crippen LogP contribution in [0, 0.1) is 0 Å². The van der Waals surface area contributed by atoms with Crippen molar-refractivity contribution >= 4 is 27.5 Å². The van der Waals surface area contributed by atoms with Crippen LogP contribution in [0.3, 0.4) is 0 Å². The molecule has 128 valence electrons. The lowest BCUT2D eigenvalue weighted by molar-refractivity contribution is -0.131. The summed E-state index contributed by atoms with van der Waals surface area (Å²) in [6, 6.07) is 6.47. The van der Waals surface area contributed by atoms with Gasteiger partial charge in [-0.05, 0) is 25.0 Å². The first kappa shape index (κ1) is 18.2. The molecule has 1 aliphatic rings. The fourth-order valence-electron chi connectivity index (χ4n) is 2.66. The van der Waals surface area contributed by atoms with Crippen molar-refractivity contribution in [3.05, 3.63) is 29.3 Å². The average Bonchev–Trinajstić information content (AvgIpc) is 2.79. The Bertz CT molecular complexity index is 648. The molecule has 0 aromatic heterocycles. The second-order valence-corrected chi connectivity index (χ2v) is 7.99. The summed E-state index contributed by atoms with van der Waals surface area (Å²) in [5.74, 6) is 0.115. The van der Waals surface area contributed by atoms with Crippen LogP contribution in [-0.2, 0) is 14.8 Å². The Balaban J connectivity index is 2.08. The lowest BCUT2D eigenvalue weighted by Crippen LogP contribution is -2.37. The van der Waals surface area contributed by atoms with E-state index >= 15 is 0 Å². The van der Waals surface area contributed by atoms with E-state index in [0.717, 1.165) is 12.8 Å². The molecule has 0 saturated carbocycles. The zero-order valence-electron chi connectivity index (χ0n) is 13.4. The molecule has 7 heteroatoms. The number of amides is 1. The molecular weight excluding hydrogens is 336 g/mol. The van der Waals surface area contributed by atoms with E-state index in [2.05, 4.69) is 0 Å². The molecule has 0 bridgehead atoms. The smallest absolute Gasteiger partial charge is 0.244 e. The van der Waals surface area contributed by atoms with Crippen LogP contribution in [0.5, 0.6) is 0 Å². The van der Waals surface area contributed by atoms with Crippen molar-refractivity contribution in [1.29, 1.82) is 0 Å². The Morgan fingerprint density at radius 2 is 1.91 bits per heavy atom. The summed E-state index contributed by atoms with van der Waals surface area (Å²) in [6.45, 7) is 3.81. The summed E-state index contributed by atoms with van der Waals surface area (Å²) < 4.78 is 26.9. The summed E-state index contributed by atoms with van der Waals surface area (Å²) in [5.41, 5.74) is 0. The fourth-order valence-corrected chi connectivity index (χ4v) is 4.63. The van der Waals surface area contributed by atoms with E-state index in [9.17, 15) is 13.2 Å². The molecule has 1 heterocycles. The topological polar surface area (TPSA) is 57.7 Å². The van der Waals surface area contributed by atoms with Crippen LogP contribution in [0.4, 0.5) is 0 Å². The lowest BCUT2D eigenvalue weighted by atomic mass is 10.2. The molecule has 23 heavy (non-hydrogen) atoms. The van der Waals surface area contributed by atoms with Gasteiger partial charge in [0.1, 0.15) is 4.90 Å². The maximum absolute atomic E-state index is 12.7. The Morgan fingerprint density at radius 3 is 2.61 bits per heavy atom. The number of nitrogens with zero attached hydrogens (tertiary/aromatic N) is 2. The van der Waals surface area contributed by atoms with E-state index in [1.807, 2.05) is 6.92 Å². The molecule has 1 amide bonds. The Morgan fingerprint density at radius 1 is 1.17 bits per heavy atom. The molecule has 0 radical (unpaired) electrons. The molecular formula is C16H23ClN2O3S. The van der Waals surface area contributed by atoms with Crippen molar-refractivity contribution in [1.82, 2.24) is 9.21 Å². The van der Waals surface area contributed by atoms with E-state index in [1.54, 1.807) is 23.1 Å². The van der Waals surface area contributed by atoms with Crippen LogP contribution in [-0.4, -0.2) is 49.7 Å². The van der Waals surface area contributed by atoms with Crippen LogP contribution >= 0.6 is 11.6 Å². The van der Waals surface area contributed by atoms with Gasteiger partial charge in [0.05, 0.1) is 5.02 Å². The number of sulfonamides is 1. The number of carbonyl (C=O) groups excluding carboxylic acids is 1. The molecule has 1 saturated heterocycles. The SMILES string of the molecule is CCCCC(=O)N1CCCN(S(=O)(=O)c2ccccc2Cl)CC1. The number of carbonyl (C=O) groups is 1. The summed E-state index contributed by atoms with van der Waals surface area (Å²) in [5, 5.41) is 0.229. The maximum Gasteiger partial charge on any atom is 0.244 e. The molecule has 0 aliphatic carbocycles. The minimum absolute atomic E-state index is 0.115. The van der Waals surface area contributed by atoms with Crippen LogP contribution in [0.1, 0.15) is 32.6 Å². The molecule has 1 aromatic carbocycles. The zero-order chi connectivity index (χ0) is 16.9. The minimum Gasteiger partial charge on any atom is -0.341 e. The third-order valence-electron chi connectivity index (χ3n) is 4.01. The van der Waals surface area contributed by atoms with Gasteiger partial charge in [0.15, 0.2) is 0 Å². The summed E-state index contributed by atoms with van der Waals surface area (Å²) in [6.07, 6.45) is 3.03. The van der Waals surface area contributed by atoms with Crippen LogP contribution in [0.15, 0.2) is 29.2 Å². The third kappa shape index (κ3) is 4.46. The number of hydrogen-bond donors (Lipinski definition) is 0. The van der Waals surface area contributed by atoms with Crippen molar-refractivity contribution < 1.29 is 13.2 Å². The summed E-state index contributed by atoms with van der Waals surface area (Å²) in [4.78, 5) is 14.0. The van der Waals surface area contributed by atoms with Crippen molar-refractivity contribution in [3.63, 3.8) is 0 Å². The van der Waals surface area contributed by atoms with Crippen molar-refractivity contribution in [2.45, 2.75) is 37.5 Å². The molecule has 2 rings (SSSR count). The van der Waals surface area contributed by atoms with E-state index in [1.165, 1.54) is 10.4 Å². The highest BCUT2D eigenvalue weighted by Crippen LogP contribution is 2.25. The van der Waals surface area contributed by atoms with Crippen molar-refractivity contribution in [2.75, 3.05) is 26.2 Å². The normalized spacial score (nSPS) is 17.0. The monoisotopic (exact) mass is 358 g/mol. The molecule has 1 aliphatic heterocycles. The van der Waals surface area contributed by atoms with Gasteiger partial charge < -0.3 is 4.90 Å². The van der Waals surface area contributed by atoms with Crippen LogP contribution in [0.2, 0.25) is 5.02 Å². The average molecular weight is 359 g/mol. The predicted molar refractivity (Wildman–Crippen MR) is 90.9 cm³/mol. The van der Waals surface area contributed by atoms with Gasteiger partial charge in [-0.25, -0.2) is 8.42 Å². The first-order valence-electron chi connectivity index (χ1n) is 7.99. The molecule has 1 aromatic rings. The van der Waals surface area contributed by atoms with E-state index in [4.69, 9.17) is 11.6 Å². The number of unbranched alkanes of at least 4 members (excludes halogenated alkanes) is 1. The highest BCUT2D eigenvalue weighted by molar-refractivity contribution is 7.89. The van der Waals surface area contributed by atoms with Crippen LogP contribution in [0.25, 0.3) is 0 Å². The van der Waals surface area contributed by atoms with Gasteiger partial charge in [-0.1, -0.05) is 37.1 Å². The fraction of sp³-hybridized carbons (Fsp3) is 0.562. The largest absolute Gasteiger partial charge is 0.341 e. The zero-order valence-corrected chi connectivity index (χ0v) is 14.9. The number of hydrogen-bond acceptors (Lipinski definition) is 3. The molecule has 5 nitrogen and oxygen atoms in total. The summed E-state index contributed by atoms with van der Waals surface area (Å²) in [7, 11) is -3.62. The predicted octanol–water partition coefficient (Wildman–Crippen LogP) is 2.75. The van der Waals surface area contributed by atoms with Gasteiger partial charge >= 0.3 is 0 Å². The van der Waals surface area contributed by atoms with E-state index < -0.39 is 10.0 Å². The second kappa shape index (κ2) is 8.13. The van der Waals surface area contributed by atoms with Gasteiger partial charge in [-0.3, -0.25) is 4.79 Å². The maximum atomic E-state index is 12.7. The minimum atomic E-state index is -3.62. The quantitative estimate of drug-likeness (QED) is 0.813. The standard InChI is InChI=1S/C16H23ClN2O3S/c1-2-3-9-16(20)18-10-6-11-19(13-12-18)23(21,22)15-8-5-4-7-14(15)17/h4-5,7-8H,2-3,6,9-13H2,1H3. The number of rotatable bonds is 5. The first-order valence-corrected chi connectivity index (χ1v) is 9.81. The molecule has 0 unspecified atom stereocenters. The van der Waals surface area contributed by atoms with Gasteiger partial charge in [-0.2, -0.15) is 4.31 Å². The Labute approximate surface area is 143 Å². The molecule has 0 atom stereocenters. The third-order valence-corrected chi connectivity index (χ3v) is 6.40. The van der Waals surface area contributed by atoms with Gasteiger partial charge in [0.25, 0.3) is 0 Å². The summed E-state index contributed by atoms with van der Waals surface area (Å²) >= 11 is 6.03. The van der Waals surface area contributed by atoms with E-state index in [0.29, 0.717) is 39.0 Å². The van der Waals surface area contributed by atoms with Gasteiger partial charge in [0, 0.05) is 32.6 Å². The highest BCUT2D eigenvalue weighted by Gasteiger charge is 2.29. The van der Waals surface area contributed by atoms with Crippen molar-refractivity contribution in [3.8, 4) is 0 Å². The second-order valence-electron chi connectivity index (χ2n) is 5.67. The van der Waals surface area contributed by atoms with E-state index in [-0.39, 0.29) is 15.8 Å². The molecule has 0 N–H and O–H groups in total. The Hall–Kier alpha value is -1.11. The van der Waals surface area contributed by atoms with Gasteiger partial charge in [0.2, 0.25) is 15.9 Å². The first-order chi connectivity index (χ1) is 11.0. The number of benzene rings is 1. The molecule has 0 spiro atoms. The number of halogens is 1. The van der Waals surface area contributed by atoms with Crippen molar-refractivity contribution in [2.24, 2.45) is 0 Å². The molecule has 1 fully saturated rings.